The van der Waals surface area contributed by atoms with E-state index in [2.05, 4.69) is 4.98 Å². The Balaban J connectivity index is 2.21. The molecule has 2 amide bonds. The average Bonchev–Trinajstić information content (AvgIpc) is 2.80. The number of benzene rings is 1. The number of carbonyl (C=O) groups is 2. The maximum absolute atomic E-state index is 11.4. The van der Waals surface area contributed by atoms with Crippen molar-refractivity contribution in [1.82, 2.24) is 9.88 Å². The van der Waals surface area contributed by atoms with Gasteiger partial charge >= 0.3 is 0 Å². The number of fused-ring (bicyclic) bond motifs is 1. The van der Waals surface area contributed by atoms with Gasteiger partial charge in [0, 0.05) is 37.5 Å². The number of nitrogens with one attached hydrogen (secondary N) is 1. The minimum Gasteiger partial charge on any atom is -0.497 e. The highest BCUT2D eigenvalue weighted by Gasteiger charge is 2.14. The van der Waals surface area contributed by atoms with Crippen molar-refractivity contribution in [2.75, 3.05) is 13.7 Å². The van der Waals surface area contributed by atoms with E-state index < -0.39 is 0 Å². The zero-order chi connectivity index (χ0) is 14.7. The Bertz CT molecular complexity index is 632. The molecule has 1 aromatic heterocycles. The monoisotopic (exact) mass is 274 g/mol. The van der Waals surface area contributed by atoms with Gasteiger partial charge in [0.05, 0.1) is 7.11 Å². The van der Waals surface area contributed by atoms with E-state index in [1.165, 1.54) is 18.7 Å². The Labute approximate surface area is 117 Å². The molecule has 0 aliphatic carbocycles. The van der Waals surface area contributed by atoms with Gasteiger partial charge in [-0.2, -0.15) is 0 Å². The highest BCUT2D eigenvalue weighted by molar-refractivity contribution is 5.93. The second-order valence-corrected chi connectivity index (χ2v) is 4.67. The first-order valence-electron chi connectivity index (χ1n) is 6.45. The minimum absolute atomic E-state index is 0.227. The molecule has 106 valence electrons. The lowest BCUT2D eigenvalue weighted by Crippen LogP contribution is -2.34. The first kappa shape index (κ1) is 14.1. The number of rotatable bonds is 4. The Morgan fingerprint density at radius 3 is 2.55 bits per heavy atom. The fourth-order valence-corrected chi connectivity index (χ4v) is 2.26. The third-order valence-corrected chi connectivity index (χ3v) is 3.34. The maximum Gasteiger partial charge on any atom is 0.226 e. The quantitative estimate of drug-likeness (QED) is 0.928. The molecule has 5 heteroatoms. The molecular formula is C15H18N2O3. The van der Waals surface area contributed by atoms with Gasteiger partial charge in [-0.3, -0.25) is 14.5 Å². The molecule has 0 fully saturated rings. The molecule has 0 saturated heterocycles. The van der Waals surface area contributed by atoms with Gasteiger partial charge in [0.15, 0.2) is 0 Å². The summed E-state index contributed by atoms with van der Waals surface area (Å²) in [6.07, 6.45) is 2.52. The number of carbonyl (C=O) groups excluding carboxylic acids is 2. The van der Waals surface area contributed by atoms with E-state index in [0.29, 0.717) is 13.0 Å². The van der Waals surface area contributed by atoms with Gasteiger partial charge in [0.25, 0.3) is 0 Å². The average molecular weight is 274 g/mol. The van der Waals surface area contributed by atoms with Gasteiger partial charge < -0.3 is 9.72 Å². The van der Waals surface area contributed by atoms with Gasteiger partial charge in [-0.15, -0.1) is 0 Å². The number of amides is 2. The Morgan fingerprint density at radius 2 is 1.95 bits per heavy atom. The molecule has 2 rings (SSSR count). The normalized spacial score (nSPS) is 10.6. The second kappa shape index (κ2) is 5.77. The van der Waals surface area contributed by atoms with Gasteiger partial charge in [-0.1, -0.05) is 0 Å². The summed E-state index contributed by atoms with van der Waals surface area (Å²) in [7, 11) is 1.63. The Morgan fingerprint density at radius 1 is 1.25 bits per heavy atom. The number of aromatic amines is 1. The number of hydrogen-bond donors (Lipinski definition) is 1. The lowest BCUT2D eigenvalue weighted by atomic mass is 10.1. The molecule has 0 unspecified atom stereocenters. The van der Waals surface area contributed by atoms with Crippen LogP contribution in [0.4, 0.5) is 0 Å². The van der Waals surface area contributed by atoms with E-state index in [1.807, 2.05) is 24.4 Å². The highest BCUT2D eigenvalue weighted by atomic mass is 16.5. The van der Waals surface area contributed by atoms with Gasteiger partial charge in [0.2, 0.25) is 11.8 Å². The standard InChI is InChI=1S/C15H18N2O3/c1-10(18)17(11(2)19)7-6-12-9-16-15-5-4-13(20-3)8-14(12)15/h4-5,8-9,16H,6-7H2,1-3H3. The van der Waals surface area contributed by atoms with E-state index in [-0.39, 0.29) is 11.8 Å². The SMILES string of the molecule is COc1ccc2[nH]cc(CCN(C(C)=O)C(C)=O)c2c1. The molecule has 1 heterocycles. The molecule has 5 nitrogen and oxygen atoms in total. The first-order chi connectivity index (χ1) is 9.52. The molecule has 20 heavy (non-hydrogen) atoms. The number of H-pyrrole nitrogens is 1. The van der Waals surface area contributed by atoms with Crippen molar-refractivity contribution < 1.29 is 14.3 Å². The largest absolute Gasteiger partial charge is 0.497 e. The molecule has 0 radical (unpaired) electrons. The third-order valence-electron chi connectivity index (χ3n) is 3.34. The van der Waals surface area contributed by atoms with Crippen LogP contribution in [0.25, 0.3) is 10.9 Å². The predicted octanol–water partition coefficient (Wildman–Crippen LogP) is 2.11. The van der Waals surface area contributed by atoms with Crippen LogP contribution in [-0.4, -0.2) is 35.4 Å². The molecule has 0 saturated carbocycles. The molecule has 0 spiro atoms. The van der Waals surface area contributed by atoms with Crippen molar-refractivity contribution in [2.45, 2.75) is 20.3 Å². The molecule has 1 N–H and O–H groups in total. The zero-order valence-corrected chi connectivity index (χ0v) is 11.9. The topological polar surface area (TPSA) is 62.4 Å². The van der Waals surface area contributed by atoms with Gasteiger partial charge in [0.1, 0.15) is 5.75 Å². The third kappa shape index (κ3) is 2.82. The van der Waals surface area contributed by atoms with Crippen molar-refractivity contribution in [2.24, 2.45) is 0 Å². The molecule has 0 aliphatic rings. The van der Waals surface area contributed by atoms with Crippen LogP contribution in [0.15, 0.2) is 24.4 Å². The van der Waals surface area contributed by atoms with E-state index in [9.17, 15) is 9.59 Å². The summed E-state index contributed by atoms with van der Waals surface area (Å²) in [6, 6.07) is 5.79. The van der Waals surface area contributed by atoms with Crippen LogP contribution < -0.4 is 4.74 Å². The van der Waals surface area contributed by atoms with Crippen LogP contribution >= 0.6 is 0 Å². The first-order valence-corrected chi connectivity index (χ1v) is 6.45. The Hall–Kier alpha value is -2.30. The molecule has 2 aromatic rings. The molecule has 0 aliphatic heterocycles. The van der Waals surface area contributed by atoms with Crippen molar-refractivity contribution >= 4 is 22.7 Å². The summed E-state index contributed by atoms with van der Waals surface area (Å²) in [5.41, 5.74) is 2.07. The van der Waals surface area contributed by atoms with Crippen molar-refractivity contribution in [3.05, 3.63) is 30.0 Å². The van der Waals surface area contributed by atoms with E-state index in [0.717, 1.165) is 22.2 Å². The molecule has 0 atom stereocenters. The number of methoxy groups -OCH3 is 1. The van der Waals surface area contributed by atoms with E-state index in [1.54, 1.807) is 7.11 Å². The molecule has 1 aromatic carbocycles. The van der Waals surface area contributed by atoms with Crippen LogP contribution in [0.5, 0.6) is 5.75 Å². The van der Waals surface area contributed by atoms with Crippen LogP contribution in [0, 0.1) is 0 Å². The molecule has 0 bridgehead atoms. The number of hydrogen-bond acceptors (Lipinski definition) is 3. The van der Waals surface area contributed by atoms with Crippen molar-refractivity contribution in [3.63, 3.8) is 0 Å². The van der Waals surface area contributed by atoms with Gasteiger partial charge in [-0.25, -0.2) is 0 Å². The summed E-state index contributed by atoms with van der Waals surface area (Å²) in [4.78, 5) is 27.2. The Kier molecular flexibility index (Phi) is 4.08. The number of aromatic nitrogens is 1. The smallest absolute Gasteiger partial charge is 0.226 e. The van der Waals surface area contributed by atoms with E-state index in [4.69, 9.17) is 4.74 Å². The summed E-state index contributed by atoms with van der Waals surface area (Å²) in [5.74, 6) is 0.332. The maximum atomic E-state index is 11.4. The van der Waals surface area contributed by atoms with Crippen LogP contribution in [0.2, 0.25) is 0 Å². The lowest BCUT2D eigenvalue weighted by Gasteiger charge is -2.16. The number of nitrogens with zero attached hydrogens (tertiary/aromatic N) is 1. The summed E-state index contributed by atoms with van der Waals surface area (Å²) >= 11 is 0. The van der Waals surface area contributed by atoms with Gasteiger partial charge in [-0.05, 0) is 30.2 Å². The van der Waals surface area contributed by atoms with Crippen LogP contribution in [0.3, 0.4) is 0 Å². The molecular weight excluding hydrogens is 256 g/mol. The van der Waals surface area contributed by atoms with Crippen molar-refractivity contribution in [3.8, 4) is 5.75 Å². The second-order valence-electron chi connectivity index (χ2n) is 4.67. The fourth-order valence-electron chi connectivity index (χ4n) is 2.26. The lowest BCUT2D eigenvalue weighted by molar-refractivity contribution is -0.141. The predicted molar refractivity (Wildman–Crippen MR) is 76.6 cm³/mol. The minimum atomic E-state index is -0.227. The van der Waals surface area contributed by atoms with Crippen LogP contribution in [-0.2, 0) is 16.0 Å². The van der Waals surface area contributed by atoms with E-state index >= 15 is 0 Å². The number of ether oxygens (including phenoxy) is 1. The zero-order valence-electron chi connectivity index (χ0n) is 11.9. The summed E-state index contributed by atoms with van der Waals surface area (Å²) < 4.78 is 5.22. The fraction of sp³-hybridized carbons (Fsp3) is 0.333. The van der Waals surface area contributed by atoms with Crippen LogP contribution in [0.1, 0.15) is 19.4 Å². The highest BCUT2D eigenvalue weighted by Crippen LogP contribution is 2.24. The summed E-state index contributed by atoms with van der Waals surface area (Å²) in [5, 5.41) is 1.05. The van der Waals surface area contributed by atoms with Crippen molar-refractivity contribution in [1.29, 1.82) is 0 Å². The number of imide groups is 1. The summed E-state index contributed by atoms with van der Waals surface area (Å²) in [6.45, 7) is 3.19.